The Hall–Kier alpha value is -1.84. The molecule has 0 aliphatic carbocycles. The van der Waals surface area contributed by atoms with Crippen molar-refractivity contribution in [2.45, 2.75) is 39.0 Å². The number of rotatable bonds is 3. The van der Waals surface area contributed by atoms with E-state index < -0.39 is 0 Å². The van der Waals surface area contributed by atoms with Gasteiger partial charge in [-0.3, -0.25) is 9.59 Å². The molecule has 0 aromatic heterocycles. The summed E-state index contributed by atoms with van der Waals surface area (Å²) in [5, 5.41) is 2.81. The number of likely N-dealkylation sites (tertiary alicyclic amines) is 1. The minimum Gasteiger partial charge on any atom is -0.339 e. The molecule has 1 fully saturated rings. The van der Waals surface area contributed by atoms with E-state index in [0.717, 1.165) is 43.1 Å². The van der Waals surface area contributed by atoms with Crippen LogP contribution in [-0.4, -0.2) is 29.8 Å². The number of hydrogen-bond donors (Lipinski definition) is 1. The van der Waals surface area contributed by atoms with Crippen molar-refractivity contribution in [1.82, 2.24) is 4.90 Å². The van der Waals surface area contributed by atoms with Crippen LogP contribution in [0.15, 0.2) is 18.2 Å². The van der Waals surface area contributed by atoms with Crippen LogP contribution in [0, 0.1) is 5.92 Å². The first-order valence-electron chi connectivity index (χ1n) is 7.89. The molecule has 2 aliphatic heterocycles. The molecule has 0 unspecified atom stereocenters. The van der Waals surface area contributed by atoms with E-state index in [1.165, 1.54) is 12.8 Å². The van der Waals surface area contributed by atoms with Gasteiger partial charge in [-0.05, 0) is 36.5 Å². The van der Waals surface area contributed by atoms with E-state index in [0.29, 0.717) is 12.0 Å². The van der Waals surface area contributed by atoms with E-state index in [-0.39, 0.29) is 11.8 Å². The van der Waals surface area contributed by atoms with Gasteiger partial charge < -0.3 is 10.2 Å². The van der Waals surface area contributed by atoms with Gasteiger partial charge in [0.25, 0.3) is 5.91 Å². The number of piperidine rings is 1. The Balaban J connectivity index is 1.67. The summed E-state index contributed by atoms with van der Waals surface area (Å²) in [7, 11) is 0. The zero-order valence-electron chi connectivity index (χ0n) is 12.5. The number of amides is 2. The normalized spacial score (nSPS) is 18.5. The van der Waals surface area contributed by atoms with Gasteiger partial charge in [0.15, 0.2) is 0 Å². The molecule has 1 saturated heterocycles. The van der Waals surface area contributed by atoms with Crippen molar-refractivity contribution in [2.24, 2.45) is 5.92 Å². The SMILES string of the molecule is CCCC1CCN(C(=O)c2ccc3c(c2)NC(=O)C3)CC1. The first kappa shape index (κ1) is 14.1. The number of nitrogens with zero attached hydrogens (tertiary/aromatic N) is 1. The number of benzene rings is 1. The van der Waals surface area contributed by atoms with E-state index in [1.54, 1.807) is 0 Å². The summed E-state index contributed by atoms with van der Waals surface area (Å²) >= 11 is 0. The topological polar surface area (TPSA) is 49.4 Å². The molecule has 0 spiro atoms. The van der Waals surface area contributed by atoms with Gasteiger partial charge in [0, 0.05) is 24.3 Å². The highest BCUT2D eigenvalue weighted by atomic mass is 16.2. The largest absolute Gasteiger partial charge is 0.339 e. The molecule has 0 bridgehead atoms. The fraction of sp³-hybridized carbons (Fsp3) is 0.529. The summed E-state index contributed by atoms with van der Waals surface area (Å²) in [5.74, 6) is 0.877. The maximum Gasteiger partial charge on any atom is 0.253 e. The molecule has 0 saturated carbocycles. The lowest BCUT2D eigenvalue weighted by molar-refractivity contribution is -0.115. The molecular weight excluding hydrogens is 264 g/mol. The summed E-state index contributed by atoms with van der Waals surface area (Å²) in [6, 6.07) is 5.56. The Morgan fingerprint density at radius 1 is 1.33 bits per heavy atom. The molecule has 1 N–H and O–H groups in total. The number of hydrogen-bond acceptors (Lipinski definition) is 2. The first-order valence-corrected chi connectivity index (χ1v) is 7.89. The van der Waals surface area contributed by atoms with E-state index in [4.69, 9.17) is 0 Å². The molecule has 3 rings (SSSR count). The van der Waals surface area contributed by atoms with Gasteiger partial charge in [0.05, 0.1) is 6.42 Å². The van der Waals surface area contributed by atoms with Crippen LogP contribution in [0.2, 0.25) is 0 Å². The standard InChI is InChI=1S/C17H22N2O2/c1-2-3-12-6-8-19(9-7-12)17(21)14-5-4-13-11-16(20)18-15(13)10-14/h4-5,10,12H,2-3,6-9,11H2,1H3,(H,18,20). The second-order valence-electron chi connectivity index (χ2n) is 6.12. The predicted octanol–water partition coefficient (Wildman–Crippen LogP) is 2.83. The summed E-state index contributed by atoms with van der Waals surface area (Å²) in [5.41, 5.74) is 2.47. The van der Waals surface area contributed by atoms with Gasteiger partial charge in [0.2, 0.25) is 5.91 Å². The molecule has 2 heterocycles. The number of anilines is 1. The fourth-order valence-electron chi connectivity index (χ4n) is 3.36. The fourth-order valence-corrected chi connectivity index (χ4v) is 3.36. The molecule has 1 aromatic carbocycles. The molecule has 0 radical (unpaired) electrons. The van der Waals surface area contributed by atoms with Crippen molar-refractivity contribution in [3.8, 4) is 0 Å². The highest BCUT2D eigenvalue weighted by Crippen LogP contribution is 2.26. The first-order chi connectivity index (χ1) is 10.2. The number of nitrogens with one attached hydrogen (secondary N) is 1. The number of carbonyl (C=O) groups excluding carboxylic acids is 2. The highest BCUT2D eigenvalue weighted by Gasteiger charge is 2.25. The molecule has 0 atom stereocenters. The van der Waals surface area contributed by atoms with E-state index in [2.05, 4.69) is 12.2 Å². The lowest BCUT2D eigenvalue weighted by atomic mass is 9.92. The maximum absolute atomic E-state index is 12.6. The lowest BCUT2D eigenvalue weighted by Crippen LogP contribution is -2.38. The minimum absolute atomic E-state index is 0.00924. The minimum atomic E-state index is 0.00924. The monoisotopic (exact) mass is 286 g/mol. The van der Waals surface area contributed by atoms with Crippen LogP contribution in [-0.2, 0) is 11.2 Å². The van der Waals surface area contributed by atoms with Crippen LogP contribution < -0.4 is 5.32 Å². The Morgan fingerprint density at radius 2 is 2.10 bits per heavy atom. The van der Waals surface area contributed by atoms with Crippen molar-refractivity contribution in [1.29, 1.82) is 0 Å². The van der Waals surface area contributed by atoms with Gasteiger partial charge in [0.1, 0.15) is 0 Å². The molecular formula is C17H22N2O2. The molecule has 2 aliphatic rings. The van der Waals surface area contributed by atoms with Gasteiger partial charge in [-0.15, -0.1) is 0 Å². The van der Waals surface area contributed by atoms with E-state index in [9.17, 15) is 9.59 Å². The van der Waals surface area contributed by atoms with Crippen LogP contribution in [0.25, 0.3) is 0 Å². The zero-order chi connectivity index (χ0) is 14.8. The van der Waals surface area contributed by atoms with Crippen LogP contribution in [0.4, 0.5) is 5.69 Å². The Labute approximate surface area is 125 Å². The number of fused-ring (bicyclic) bond motifs is 1. The summed E-state index contributed by atoms with van der Waals surface area (Å²) < 4.78 is 0. The van der Waals surface area contributed by atoms with Crippen LogP contribution in [0.3, 0.4) is 0 Å². The molecule has 4 nitrogen and oxygen atoms in total. The van der Waals surface area contributed by atoms with Crippen LogP contribution in [0.1, 0.15) is 48.5 Å². The Bertz CT molecular complexity index is 560. The molecule has 21 heavy (non-hydrogen) atoms. The quantitative estimate of drug-likeness (QED) is 0.929. The van der Waals surface area contributed by atoms with Crippen LogP contribution >= 0.6 is 0 Å². The third-order valence-corrected chi connectivity index (χ3v) is 4.58. The van der Waals surface area contributed by atoms with Crippen molar-refractivity contribution < 1.29 is 9.59 Å². The van der Waals surface area contributed by atoms with Gasteiger partial charge in [-0.1, -0.05) is 25.8 Å². The molecule has 112 valence electrons. The van der Waals surface area contributed by atoms with Gasteiger partial charge >= 0.3 is 0 Å². The highest BCUT2D eigenvalue weighted by molar-refractivity contribution is 6.02. The van der Waals surface area contributed by atoms with Gasteiger partial charge in [-0.2, -0.15) is 0 Å². The predicted molar refractivity (Wildman–Crippen MR) is 82.3 cm³/mol. The molecule has 1 aromatic rings. The van der Waals surface area contributed by atoms with Gasteiger partial charge in [-0.25, -0.2) is 0 Å². The average Bonchev–Trinajstić information content (AvgIpc) is 2.86. The van der Waals surface area contributed by atoms with Crippen molar-refractivity contribution in [2.75, 3.05) is 18.4 Å². The van der Waals surface area contributed by atoms with Crippen molar-refractivity contribution in [3.05, 3.63) is 29.3 Å². The average molecular weight is 286 g/mol. The molecule has 4 heteroatoms. The summed E-state index contributed by atoms with van der Waals surface area (Å²) in [6.07, 6.45) is 5.14. The second-order valence-corrected chi connectivity index (χ2v) is 6.12. The lowest BCUT2D eigenvalue weighted by Gasteiger charge is -2.32. The van der Waals surface area contributed by atoms with E-state index >= 15 is 0 Å². The maximum atomic E-state index is 12.6. The Morgan fingerprint density at radius 3 is 2.81 bits per heavy atom. The molecule has 2 amide bonds. The van der Waals surface area contributed by atoms with Crippen LogP contribution in [0.5, 0.6) is 0 Å². The summed E-state index contributed by atoms with van der Waals surface area (Å²) in [4.78, 5) is 25.9. The van der Waals surface area contributed by atoms with Crippen molar-refractivity contribution in [3.63, 3.8) is 0 Å². The summed E-state index contributed by atoms with van der Waals surface area (Å²) in [6.45, 7) is 3.93. The van der Waals surface area contributed by atoms with E-state index in [1.807, 2.05) is 23.1 Å². The smallest absolute Gasteiger partial charge is 0.253 e. The number of carbonyl (C=O) groups is 2. The third kappa shape index (κ3) is 2.94. The third-order valence-electron chi connectivity index (χ3n) is 4.58. The zero-order valence-corrected chi connectivity index (χ0v) is 12.5. The Kier molecular flexibility index (Phi) is 3.95. The second kappa shape index (κ2) is 5.88. The van der Waals surface area contributed by atoms with Crippen molar-refractivity contribution >= 4 is 17.5 Å².